The van der Waals surface area contributed by atoms with Crippen molar-refractivity contribution >= 4 is 22.8 Å². The molecule has 0 amide bonds. The lowest BCUT2D eigenvalue weighted by Crippen LogP contribution is -2.35. The van der Waals surface area contributed by atoms with Gasteiger partial charge < -0.3 is 14.2 Å². The van der Waals surface area contributed by atoms with Crippen molar-refractivity contribution in [2.75, 3.05) is 13.2 Å². The maximum absolute atomic E-state index is 12.5. The molecule has 0 aliphatic heterocycles. The number of benzene rings is 3. The van der Waals surface area contributed by atoms with Crippen LogP contribution in [-0.2, 0) is 30.0 Å². The van der Waals surface area contributed by atoms with Gasteiger partial charge in [-0.05, 0) is 93.2 Å². The van der Waals surface area contributed by atoms with E-state index in [4.69, 9.17) is 14.2 Å². The number of esters is 2. The summed E-state index contributed by atoms with van der Waals surface area (Å²) in [5.41, 5.74) is 1.89. The van der Waals surface area contributed by atoms with Crippen LogP contribution in [0, 0.1) is 31.6 Å². The summed E-state index contributed by atoms with van der Waals surface area (Å²) in [6.07, 6.45) is 7.38. The predicted octanol–water partition coefficient (Wildman–Crippen LogP) is 7.47. The average Bonchev–Trinajstić information content (AvgIpc) is 2.97. The van der Waals surface area contributed by atoms with Crippen LogP contribution in [0.25, 0.3) is 0 Å². The van der Waals surface area contributed by atoms with E-state index in [1.165, 1.54) is 40.4 Å². The number of fused-ring (bicyclic) bond motifs is 2. The summed E-state index contributed by atoms with van der Waals surface area (Å²) in [5.74, 6) is 1.53. The Bertz CT molecular complexity index is 1250. The highest BCUT2D eigenvalue weighted by molar-refractivity contribution is 7.97. The number of ether oxygens (including phenoxy) is 3. The molecule has 6 heteroatoms. The van der Waals surface area contributed by atoms with Crippen molar-refractivity contribution in [3.05, 3.63) is 83.9 Å². The summed E-state index contributed by atoms with van der Waals surface area (Å²) in [6.45, 7) is 5.31. The molecular formula is C35H41O5S+. The van der Waals surface area contributed by atoms with Crippen LogP contribution >= 0.6 is 0 Å². The zero-order valence-electron chi connectivity index (χ0n) is 24.3. The van der Waals surface area contributed by atoms with Crippen molar-refractivity contribution in [1.82, 2.24) is 0 Å². The van der Waals surface area contributed by atoms with Gasteiger partial charge in [-0.2, -0.15) is 0 Å². The van der Waals surface area contributed by atoms with Crippen LogP contribution in [0.15, 0.2) is 87.5 Å². The Morgan fingerprint density at radius 3 is 1.90 bits per heavy atom. The van der Waals surface area contributed by atoms with E-state index in [1.807, 2.05) is 32.9 Å². The van der Waals surface area contributed by atoms with Gasteiger partial charge in [-0.25, -0.2) is 9.59 Å². The molecule has 3 aromatic rings. The zero-order chi connectivity index (χ0) is 28.8. The molecule has 5 nitrogen and oxygen atoms in total. The van der Waals surface area contributed by atoms with Gasteiger partial charge in [0.05, 0.1) is 10.9 Å². The van der Waals surface area contributed by atoms with Crippen molar-refractivity contribution in [3.8, 4) is 5.75 Å². The first-order valence-electron chi connectivity index (χ1n) is 14.8. The number of hydrogen-bond acceptors (Lipinski definition) is 5. The van der Waals surface area contributed by atoms with Crippen LogP contribution in [0.2, 0.25) is 0 Å². The summed E-state index contributed by atoms with van der Waals surface area (Å²) in [6, 6.07) is 25.2. The molecule has 2 bridgehead atoms. The Labute approximate surface area is 246 Å². The second-order valence-electron chi connectivity index (χ2n) is 11.6. The van der Waals surface area contributed by atoms with Crippen molar-refractivity contribution in [2.45, 2.75) is 80.1 Å². The number of rotatable bonds is 10. The highest BCUT2D eigenvalue weighted by Gasteiger charge is 2.35. The first-order valence-corrected chi connectivity index (χ1v) is 16.0. The molecule has 216 valence electrons. The molecule has 2 fully saturated rings. The van der Waals surface area contributed by atoms with Gasteiger partial charge in [0.2, 0.25) is 0 Å². The lowest BCUT2D eigenvalue weighted by molar-refractivity contribution is -0.165. The molecule has 3 atom stereocenters. The third-order valence-corrected chi connectivity index (χ3v) is 10.7. The number of hydrogen-bond donors (Lipinski definition) is 0. The van der Waals surface area contributed by atoms with Crippen LogP contribution in [-0.4, -0.2) is 31.3 Å². The maximum Gasteiger partial charge on any atom is 0.344 e. The van der Waals surface area contributed by atoms with E-state index < -0.39 is 11.9 Å². The van der Waals surface area contributed by atoms with E-state index in [0.717, 1.165) is 35.8 Å². The lowest BCUT2D eigenvalue weighted by atomic mass is 9.67. The van der Waals surface area contributed by atoms with Gasteiger partial charge in [0.15, 0.2) is 27.9 Å². The molecular weight excluding hydrogens is 532 g/mol. The monoisotopic (exact) mass is 573 g/mol. The lowest BCUT2D eigenvalue weighted by Gasteiger charge is -2.40. The fourth-order valence-electron chi connectivity index (χ4n) is 6.59. The summed E-state index contributed by atoms with van der Waals surface area (Å²) in [4.78, 5) is 28.5. The minimum absolute atomic E-state index is 0.152. The SMILES string of the molecule is Cc1cc([S+](c2ccccc2)c2ccccc2)cc(C)c1OCC(=O)OCC(=O)OC(C)C1CC2CCCC(C2)C1. The van der Waals surface area contributed by atoms with Crippen molar-refractivity contribution < 1.29 is 23.8 Å². The first kappa shape index (κ1) is 29.2. The molecule has 0 saturated heterocycles. The van der Waals surface area contributed by atoms with Gasteiger partial charge in [0.25, 0.3) is 0 Å². The summed E-state index contributed by atoms with van der Waals surface area (Å²) < 4.78 is 16.8. The highest BCUT2D eigenvalue weighted by atomic mass is 32.2. The van der Waals surface area contributed by atoms with Crippen LogP contribution in [0.5, 0.6) is 5.75 Å². The molecule has 3 aromatic carbocycles. The quantitative estimate of drug-likeness (QED) is 0.186. The van der Waals surface area contributed by atoms with Gasteiger partial charge in [0, 0.05) is 12.1 Å². The van der Waals surface area contributed by atoms with Crippen LogP contribution in [0.4, 0.5) is 0 Å². The summed E-state index contributed by atoms with van der Waals surface area (Å²) in [7, 11) is -0.272. The molecule has 2 aliphatic carbocycles. The van der Waals surface area contributed by atoms with Gasteiger partial charge in [-0.3, -0.25) is 0 Å². The Balaban J connectivity index is 1.15. The fraction of sp³-hybridized carbons (Fsp3) is 0.429. The number of carbonyl (C=O) groups is 2. The van der Waals surface area contributed by atoms with E-state index in [9.17, 15) is 9.59 Å². The Kier molecular flexibility index (Phi) is 9.71. The largest absolute Gasteiger partial charge is 0.481 e. The molecule has 0 heterocycles. The van der Waals surface area contributed by atoms with Crippen molar-refractivity contribution in [3.63, 3.8) is 0 Å². The second-order valence-corrected chi connectivity index (χ2v) is 13.6. The predicted molar refractivity (Wildman–Crippen MR) is 161 cm³/mol. The first-order chi connectivity index (χ1) is 19.9. The van der Waals surface area contributed by atoms with Crippen LogP contribution < -0.4 is 4.74 Å². The molecule has 2 saturated carbocycles. The molecule has 41 heavy (non-hydrogen) atoms. The molecule has 5 rings (SSSR count). The second kappa shape index (κ2) is 13.6. The summed E-state index contributed by atoms with van der Waals surface area (Å²) in [5, 5.41) is 0. The van der Waals surface area contributed by atoms with Crippen LogP contribution in [0.1, 0.15) is 56.6 Å². The Hall–Kier alpha value is -3.25. The zero-order valence-corrected chi connectivity index (χ0v) is 25.2. The van der Waals surface area contributed by atoms with E-state index in [-0.39, 0.29) is 30.2 Å². The van der Waals surface area contributed by atoms with E-state index >= 15 is 0 Å². The summed E-state index contributed by atoms with van der Waals surface area (Å²) >= 11 is 0. The number of aryl methyl sites for hydroxylation is 2. The average molecular weight is 574 g/mol. The van der Waals surface area contributed by atoms with E-state index in [2.05, 4.69) is 60.7 Å². The molecule has 0 N–H and O–H groups in total. The molecule has 0 radical (unpaired) electrons. The third kappa shape index (κ3) is 7.53. The highest BCUT2D eigenvalue weighted by Crippen LogP contribution is 2.44. The van der Waals surface area contributed by atoms with Crippen molar-refractivity contribution in [1.29, 1.82) is 0 Å². The molecule has 2 aliphatic rings. The normalized spacial score (nSPS) is 20.7. The Morgan fingerprint density at radius 2 is 1.34 bits per heavy atom. The Morgan fingerprint density at radius 1 is 0.780 bits per heavy atom. The van der Waals surface area contributed by atoms with Crippen molar-refractivity contribution in [2.24, 2.45) is 17.8 Å². The topological polar surface area (TPSA) is 61.8 Å². The molecule has 0 spiro atoms. The fourth-order valence-corrected chi connectivity index (χ4v) is 8.86. The van der Waals surface area contributed by atoms with Gasteiger partial charge in [-0.1, -0.05) is 55.7 Å². The van der Waals surface area contributed by atoms with Gasteiger partial charge in [-0.15, -0.1) is 0 Å². The minimum atomic E-state index is -0.585. The van der Waals surface area contributed by atoms with E-state index in [1.54, 1.807) is 0 Å². The van der Waals surface area contributed by atoms with Crippen LogP contribution in [0.3, 0.4) is 0 Å². The molecule has 3 unspecified atom stereocenters. The third-order valence-electron chi connectivity index (χ3n) is 8.46. The maximum atomic E-state index is 12.5. The number of carbonyl (C=O) groups excluding carboxylic acids is 2. The standard InChI is InChI=1S/C35H41O5S/c1-24-17-32(41(30-13-6-4-7-14-30)31-15-8-5-9-16-31)18-25(2)35(24)39-22-33(36)38-23-34(37)40-26(3)29-20-27-11-10-12-28(19-27)21-29/h4-9,13-18,26-29H,10-12,19-23H2,1-3H3/q+1. The molecule has 0 aromatic heterocycles. The van der Waals surface area contributed by atoms with Gasteiger partial charge in [0.1, 0.15) is 11.9 Å². The smallest absolute Gasteiger partial charge is 0.344 e. The minimum Gasteiger partial charge on any atom is -0.481 e. The van der Waals surface area contributed by atoms with Gasteiger partial charge >= 0.3 is 11.9 Å². The van der Waals surface area contributed by atoms with E-state index in [0.29, 0.717) is 11.7 Å².